The number of rotatable bonds is 3. The van der Waals surface area contributed by atoms with Gasteiger partial charge in [0.25, 0.3) is 0 Å². The topological polar surface area (TPSA) is 29.3 Å². The summed E-state index contributed by atoms with van der Waals surface area (Å²) in [5, 5.41) is 0. The average Bonchev–Trinajstić information content (AvgIpc) is 2.11. The van der Waals surface area contributed by atoms with Crippen LogP contribution in [-0.4, -0.2) is 25.5 Å². The summed E-state index contributed by atoms with van der Waals surface area (Å²) in [6.07, 6.45) is 0. The molecule has 0 amide bonds. The quantitative estimate of drug-likeness (QED) is 0.801. The van der Waals surface area contributed by atoms with Crippen LogP contribution in [-0.2, 0) is 0 Å². The Hall–Kier alpha value is -1.00. The van der Waals surface area contributed by atoms with Gasteiger partial charge in [-0.05, 0) is 32.3 Å². The molecule has 1 aromatic rings. The second-order valence-electron chi connectivity index (χ2n) is 3.38. The summed E-state index contributed by atoms with van der Waals surface area (Å²) >= 11 is 0. The van der Waals surface area contributed by atoms with Crippen molar-refractivity contribution in [2.45, 2.75) is 6.04 Å². The summed E-state index contributed by atoms with van der Waals surface area (Å²) in [5.41, 5.74) is 5.80. The molecule has 0 aliphatic carbocycles. The Bertz CT molecular complexity index is 313. The molecule has 0 heterocycles. The molecule has 0 aliphatic heterocycles. The van der Waals surface area contributed by atoms with Crippen LogP contribution in [0.15, 0.2) is 18.2 Å². The molecule has 0 spiro atoms. The Morgan fingerprint density at radius 2 is 2.00 bits per heavy atom. The summed E-state index contributed by atoms with van der Waals surface area (Å²) in [6.45, 7) is 0.257. The largest absolute Gasteiger partial charge is 0.329 e. The van der Waals surface area contributed by atoms with Crippen molar-refractivity contribution in [2.75, 3.05) is 20.6 Å². The highest BCUT2D eigenvalue weighted by Gasteiger charge is 2.16. The Labute approximate surface area is 82.3 Å². The number of benzene rings is 1. The van der Waals surface area contributed by atoms with Gasteiger partial charge < -0.3 is 10.6 Å². The molecular weight excluding hydrogens is 186 g/mol. The molecule has 78 valence electrons. The number of nitrogens with two attached hydrogens (primary N) is 1. The van der Waals surface area contributed by atoms with Gasteiger partial charge in [-0.15, -0.1) is 0 Å². The van der Waals surface area contributed by atoms with Crippen LogP contribution in [0.5, 0.6) is 0 Å². The lowest BCUT2D eigenvalue weighted by molar-refractivity contribution is 0.297. The van der Waals surface area contributed by atoms with E-state index in [2.05, 4.69) is 0 Å². The predicted molar refractivity (Wildman–Crippen MR) is 51.8 cm³/mol. The minimum Gasteiger partial charge on any atom is -0.329 e. The maximum absolute atomic E-state index is 13.3. The molecule has 1 unspecified atom stereocenters. The molecule has 2 N–H and O–H groups in total. The fourth-order valence-corrected chi connectivity index (χ4v) is 1.39. The molecule has 1 aromatic carbocycles. The van der Waals surface area contributed by atoms with Crippen LogP contribution in [0, 0.1) is 11.6 Å². The van der Waals surface area contributed by atoms with Crippen LogP contribution in [0.4, 0.5) is 8.78 Å². The molecular formula is C10H14F2N2. The van der Waals surface area contributed by atoms with E-state index in [0.717, 1.165) is 12.1 Å². The van der Waals surface area contributed by atoms with Gasteiger partial charge in [-0.2, -0.15) is 0 Å². The van der Waals surface area contributed by atoms with Crippen molar-refractivity contribution >= 4 is 0 Å². The lowest BCUT2D eigenvalue weighted by atomic mass is 10.1. The highest BCUT2D eigenvalue weighted by molar-refractivity contribution is 5.22. The molecule has 0 fully saturated rings. The second kappa shape index (κ2) is 4.48. The highest BCUT2D eigenvalue weighted by atomic mass is 19.1. The monoisotopic (exact) mass is 200 g/mol. The minimum atomic E-state index is -0.443. The minimum absolute atomic E-state index is 0.257. The Morgan fingerprint density at radius 3 is 2.50 bits per heavy atom. The molecule has 0 aromatic heterocycles. The van der Waals surface area contributed by atoms with Gasteiger partial charge in [0.2, 0.25) is 0 Å². The summed E-state index contributed by atoms with van der Waals surface area (Å²) in [7, 11) is 3.56. The normalized spacial score (nSPS) is 13.3. The van der Waals surface area contributed by atoms with Gasteiger partial charge in [-0.3, -0.25) is 0 Å². The van der Waals surface area contributed by atoms with Gasteiger partial charge in [-0.1, -0.05) is 0 Å². The summed E-state index contributed by atoms with van der Waals surface area (Å²) in [5.74, 6) is -0.864. The zero-order chi connectivity index (χ0) is 10.7. The van der Waals surface area contributed by atoms with Crippen LogP contribution in [0.2, 0.25) is 0 Å². The zero-order valence-corrected chi connectivity index (χ0v) is 8.30. The van der Waals surface area contributed by atoms with Crippen molar-refractivity contribution < 1.29 is 8.78 Å². The van der Waals surface area contributed by atoms with E-state index in [1.807, 2.05) is 0 Å². The van der Waals surface area contributed by atoms with E-state index in [4.69, 9.17) is 5.73 Å². The number of hydrogen-bond donors (Lipinski definition) is 1. The van der Waals surface area contributed by atoms with Crippen LogP contribution in [0.1, 0.15) is 11.6 Å². The SMILES string of the molecule is CN(C)C(CN)c1cc(F)ccc1F. The average molecular weight is 200 g/mol. The third kappa shape index (κ3) is 2.27. The van der Waals surface area contributed by atoms with Gasteiger partial charge in [0, 0.05) is 18.2 Å². The van der Waals surface area contributed by atoms with E-state index < -0.39 is 11.6 Å². The molecule has 1 atom stereocenters. The van der Waals surface area contributed by atoms with E-state index in [9.17, 15) is 8.78 Å². The third-order valence-corrected chi connectivity index (χ3v) is 2.16. The van der Waals surface area contributed by atoms with Gasteiger partial charge in [0.05, 0.1) is 0 Å². The van der Waals surface area contributed by atoms with Crippen molar-refractivity contribution in [3.63, 3.8) is 0 Å². The molecule has 0 bridgehead atoms. The summed E-state index contributed by atoms with van der Waals surface area (Å²) in [6, 6.07) is 3.12. The van der Waals surface area contributed by atoms with Gasteiger partial charge in [0.1, 0.15) is 11.6 Å². The van der Waals surface area contributed by atoms with Crippen molar-refractivity contribution in [1.29, 1.82) is 0 Å². The van der Waals surface area contributed by atoms with Crippen LogP contribution in [0.3, 0.4) is 0 Å². The molecule has 4 heteroatoms. The number of nitrogens with zero attached hydrogens (tertiary/aromatic N) is 1. The third-order valence-electron chi connectivity index (χ3n) is 2.16. The maximum atomic E-state index is 13.3. The number of likely N-dealkylation sites (N-methyl/N-ethyl adjacent to an activating group) is 1. The first-order valence-corrected chi connectivity index (χ1v) is 4.37. The van der Waals surface area contributed by atoms with E-state index in [1.54, 1.807) is 19.0 Å². The molecule has 1 rings (SSSR count). The molecule has 2 nitrogen and oxygen atoms in total. The van der Waals surface area contributed by atoms with Gasteiger partial charge >= 0.3 is 0 Å². The highest BCUT2D eigenvalue weighted by Crippen LogP contribution is 2.21. The Kier molecular flexibility index (Phi) is 3.55. The number of hydrogen-bond acceptors (Lipinski definition) is 2. The lowest BCUT2D eigenvalue weighted by Crippen LogP contribution is -2.28. The number of halogens is 2. The van der Waals surface area contributed by atoms with Crippen molar-refractivity contribution in [3.05, 3.63) is 35.4 Å². The first-order chi connectivity index (χ1) is 6.56. The summed E-state index contributed by atoms with van der Waals surface area (Å²) < 4.78 is 26.2. The summed E-state index contributed by atoms with van der Waals surface area (Å²) in [4.78, 5) is 1.76. The fourth-order valence-electron chi connectivity index (χ4n) is 1.39. The van der Waals surface area contributed by atoms with Crippen molar-refractivity contribution in [1.82, 2.24) is 4.90 Å². The van der Waals surface area contributed by atoms with Crippen LogP contribution >= 0.6 is 0 Å². The van der Waals surface area contributed by atoms with Gasteiger partial charge in [0.15, 0.2) is 0 Å². The van der Waals surface area contributed by atoms with Gasteiger partial charge in [-0.25, -0.2) is 8.78 Å². The Morgan fingerprint density at radius 1 is 1.36 bits per heavy atom. The molecule has 0 saturated heterocycles. The maximum Gasteiger partial charge on any atom is 0.128 e. The van der Waals surface area contributed by atoms with E-state index in [0.29, 0.717) is 5.56 Å². The molecule has 0 radical (unpaired) electrons. The predicted octanol–water partition coefficient (Wildman–Crippen LogP) is 1.53. The first-order valence-electron chi connectivity index (χ1n) is 4.37. The van der Waals surface area contributed by atoms with E-state index in [-0.39, 0.29) is 12.6 Å². The van der Waals surface area contributed by atoms with E-state index in [1.165, 1.54) is 6.07 Å². The Balaban J connectivity index is 3.08. The van der Waals surface area contributed by atoms with Crippen molar-refractivity contribution in [3.8, 4) is 0 Å². The van der Waals surface area contributed by atoms with E-state index >= 15 is 0 Å². The molecule has 14 heavy (non-hydrogen) atoms. The first kappa shape index (κ1) is 11.1. The zero-order valence-electron chi connectivity index (χ0n) is 8.30. The standard InChI is InChI=1S/C10H14F2N2/c1-14(2)10(6-13)8-5-7(11)3-4-9(8)12/h3-5,10H,6,13H2,1-2H3. The lowest BCUT2D eigenvalue weighted by Gasteiger charge is -2.23. The van der Waals surface area contributed by atoms with Crippen LogP contribution in [0.25, 0.3) is 0 Å². The van der Waals surface area contributed by atoms with Crippen LogP contribution < -0.4 is 5.73 Å². The second-order valence-corrected chi connectivity index (χ2v) is 3.38. The smallest absolute Gasteiger partial charge is 0.128 e. The fraction of sp³-hybridized carbons (Fsp3) is 0.400. The molecule has 0 aliphatic rings. The molecule has 0 saturated carbocycles. The van der Waals surface area contributed by atoms with Crippen molar-refractivity contribution in [2.24, 2.45) is 5.73 Å².